The molecule has 0 saturated carbocycles. The van der Waals surface area contributed by atoms with E-state index in [1.54, 1.807) is 6.07 Å². The first-order valence-electron chi connectivity index (χ1n) is 17.9. The predicted molar refractivity (Wildman–Crippen MR) is 221 cm³/mol. The molecule has 0 radical (unpaired) electrons. The molecule has 1 aliphatic rings. The fourth-order valence-corrected chi connectivity index (χ4v) is 9.78. The van der Waals surface area contributed by atoms with Gasteiger partial charge < -0.3 is 5.11 Å². The summed E-state index contributed by atoms with van der Waals surface area (Å²) in [6.45, 7) is 4.57. The second kappa shape index (κ2) is 10.9. The van der Waals surface area contributed by atoms with E-state index < -0.39 is 5.97 Å². The van der Waals surface area contributed by atoms with Crippen molar-refractivity contribution >= 4 is 83.2 Å². The minimum absolute atomic E-state index is 0.270. The van der Waals surface area contributed by atoms with Crippen molar-refractivity contribution in [2.24, 2.45) is 0 Å². The van der Waals surface area contributed by atoms with Crippen molar-refractivity contribution in [3.63, 3.8) is 0 Å². The molecule has 6 aromatic carbocycles. The Morgan fingerprint density at radius 2 is 1.30 bits per heavy atom. The third kappa shape index (κ3) is 4.24. The van der Waals surface area contributed by atoms with Crippen molar-refractivity contribution in [1.29, 1.82) is 5.26 Å². The van der Waals surface area contributed by atoms with Crippen LogP contribution in [0.3, 0.4) is 0 Å². The molecule has 0 aliphatic heterocycles. The summed E-state index contributed by atoms with van der Waals surface area (Å²) in [5, 5.41) is 28.3. The summed E-state index contributed by atoms with van der Waals surface area (Å²) in [6.07, 6.45) is 1.43. The molecule has 0 atom stereocenters. The Morgan fingerprint density at radius 1 is 0.722 bits per heavy atom. The molecule has 254 valence electrons. The maximum atomic E-state index is 11.4. The van der Waals surface area contributed by atoms with E-state index in [0.29, 0.717) is 0 Å². The van der Waals surface area contributed by atoms with E-state index in [2.05, 4.69) is 134 Å². The Morgan fingerprint density at radius 3 is 1.93 bits per heavy atom. The highest BCUT2D eigenvalue weighted by atomic mass is 32.1. The summed E-state index contributed by atoms with van der Waals surface area (Å²) in [5.41, 5.74) is 10.9. The van der Waals surface area contributed by atoms with Crippen LogP contribution < -0.4 is 0 Å². The lowest BCUT2D eigenvalue weighted by molar-refractivity contribution is -0.132. The average Bonchev–Trinajstić information content (AvgIpc) is 3.93. The van der Waals surface area contributed by atoms with Crippen molar-refractivity contribution in [3.05, 3.63) is 149 Å². The van der Waals surface area contributed by atoms with Gasteiger partial charge in [0, 0.05) is 42.3 Å². The maximum Gasteiger partial charge on any atom is 0.346 e. The molecule has 0 unspecified atom stereocenters. The Kier molecular flexibility index (Phi) is 6.19. The molecule has 4 heterocycles. The summed E-state index contributed by atoms with van der Waals surface area (Å²) < 4.78 is 2.37. The van der Waals surface area contributed by atoms with Crippen LogP contribution in [0.5, 0.6) is 0 Å². The molecule has 6 heteroatoms. The van der Waals surface area contributed by atoms with E-state index in [4.69, 9.17) is 4.98 Å². The lowest BCUT2D eigenvalue weighted by Crippen LogP contribution is -2.15. The van der Waals surface area contributed by atoms with Gasteiger partial charge in [-0.1, -0.05) is 86.6 Å². The third-order valence-electron chi connectivity index (χ3n) is 11.5. The number of carboxylic acid groups (broad SMARTS) is 1. The van der Waals surface area contributed by atoms with Crippen LogP contribution in [0.25, 0.3) is 98.7 Å². The molecule has 0 spiro atoms. The van der Waals surface area contributed by atoms with Gasteiger partial charge in [0.05, 0.1) is 16.7 Å². The highest BCUT2D eigenvalue weighted by molar-refractivity contribution is 7.16. The van der Waals surface area contributed by atoms with Gasteiger partial charge in [0.1, 0.15) is 17.3 Å². The number of carboxylic acids is 1. The molecule has 4 aromatic heterocycles. The number of carbonyl (C=O) groups is 1. The molecule has 10 aromatic rings. The molecule has 54 heavy (non-hydrogen) atoms. The van der Waals surface area contributed by atoms with Crippen LogP contribution in [-0.4, -0.2) is 20.5 Å². The zero-order valence-electron chi connectivity index (χ0n) is 29.3. The average molecular weight is 712 g/mol. The molecule has 0 amide bonds. The third-order valence-corrected chi connectivity index (χ3v) is 12.6. The van der Waals surface area contributed by atoms with E-state index in [9.17, 15) is 15.2 Å². The number of benzene rings is 6. The van der Waals surface area contributed by atoms with Crippen molar-refractivity contribution in [3.8, 4) is 38.9 Å². The zero-order valence-corrected chi connectivity index (χ0v) is 30.1. The first-order chi connectivity index (χ1) is 26.3. The highest BCUT2D eigenvalue weighted by Gasteiger charge is 2.36. The topological polar surface area (TPSA) is 78.4 Å². The highest BCUT2D eigenvalue weighted by Crippen LogP contribution is 2.51. The first kappa shape index (κ1) is 30.8. The molecule has 1 N–H and O–H groups in total. The SMILES string of the molecule is CC1(C)c2cc(-c3cc4c5cc6ccccc6cc5c5c6cc7ccccc7cc6c(n3)n45)ccc2-c2ccc(-c3ccc(/C=C(/C#N)C(=O)O)s3)cc21. The number of hydrogen-bond acceptors (Lipinski definition) is 4. The Labute approximate surface area is 313 Å². The smallest absolute Gasteiger partial charge is 0.346 e. The number of hydrogen-bond donors (Lipinski definition) is 1. The summed E-state index contributed by atoms with van der Waals surface area (Å²) in [7, 11) is 0. The Bertz CT molecular complexity index is 3230. The molecular formula is C48H29N3O2S. The summed E-state index contributed by atoms with van der Waals surface area (Å²) in [5.74, 6) is -1.22. The number of fused-ring (bicyclic) bond motifs is 11. The predicted octanol–water partition coefficient (Wildman–Crippen LogP) is 12.2. The molecule has 0 fully saturated rings. The van der Waals surface area contributed by atoms with E-state index in [0.717, 1.165) is 43.1 Å². The molecular weight excluding hydrogens is 683 g/mol. The zero-order chi connectivity index (χ0) is 36.5. The van der Waals surface area contributed by atoms with Crippen LogP contribution in [0.2, 0.25) is 0 Å². The monoisotopic (exact) mass is 711 g/mol. The maximum absolute atomic E-state index is 11.4. The largest absolute Gasteiger partial charge is 0.477 e. The molecule has 5 nitrogen and oxygen atoms in total. The van der Waals surface area contributed by atoms with E-state index in [1.165, 1.54) is 82.9 Å². The number of nitrogens with zero attached hydrogens (tertiary/aromatic N) is 3. The van der Waals surface area contributed by atoms with Gasteiger partial charge in [-0.3, -0.25) is 4.40 Å². The summed E-state index contributed by atoms with van der Waals surface area (Å²) in [6, 6.07) is 47.8. The van der Waals surface area contributed by atoms with Gasteiger partial charge >= 0.3 is 5.97 Å². The quantitative estimate of drug-likeness (QED) is 0.146. The van der Waals surface area contributed by atoms with Crippen molar-refractivity contribution in [2.45, 2.75) is 19.3 Å². The molecule has 1 aliphatic carbocycles. The van der Waals surface area contributed by atoms with Crippen LogP contribution in [0, 0.1) is 11.3 Å². The fraction of sp³-hybridized carbons (Fsp3) is 0.0625. The summed E-state index contributed by atoms with van der Waals surface area (Å²) >= 11 is 1.48. The van der Waals surface area contributed by atoms with Crippen LogP contribution >= 0.6 is 11.3 Å². The Hall–Kier alpha value is -6.81. The van der Waals surface area contributed by atoms with Crippen LogP contribution in [-0.2, 0) is 10.2 Å². The standard InChI is InChI=1S/C48H29N3O2S/c1-48(2)40-22-30(11-14-34(40)35-15-12-31(23-41(35)48)44-16-13-33(54-44)17-32(25-49)47(52)53)42-24-43-36-18-26-7-3-4-8-27(26)19-37(36)45-38-20-28-9-5-6-10-29(28)21-39(38)46(50-42)51(43)45/h3-24H,1-2H3,(H,52,53)/b32-17-. The van der Waals surface area contributed by atoms with Gasteiger partial charge in [-0.15, -0.1) is 11.3 Å². The van der Waals surface area contributed by atoms with Gasteiger partial charge in [-0.05, 0) is 110 Å². The van der Waals surface area contributed by atoms with Crippen molar-refractivity contribution < 1.29 is 9.90 Å². The lowest BCUT2D eigenvalue weighted by atomic mass is 9.81. The van der Waals surface area contributed by atoms with E-state index in [1.807, 2.05) is 12.1 Å². The molecule has 0 bridgehead atoms. The van der Waals surface area contributed by atoms with Crippen molar-refractivity contribution in [2.75, 3.05) is 0 Å². The summed E-state index contributed by atoms with van der Waals surface area (Å²) in [4.78, 5) is 18.6. The Balaban J connectivity index is 1.08. The molecule has 11 rings (SSSR count). The van der Waals surface area contributed by atoms with Gasteiger partial charge in [-0.25, -0.2) is 9.78 Å². The minimum Gasteiger partial charge on any atom is -0.477 e. The number of nitriles is 1. The number of thiophene rings is 1. The number of aliphatic carboxylic acids is 1. The number of aromatic nitrogens is 2. The van der Waals surface area contributed by atoms with E-state index >= 15 is 0 Å². The van der Waals surface area contributed by atoms with Crippen LogP contribution in [0.1, 0.15) is 29.9 Å². The first-order valence-corrected chi connectivity index (χ1v) is 18.7. The van der Waals surface area contributed by atoms with Gasteiger partial charge in [0.15, 0.2) is 0 Å². The minimum atomic E-state index is -1.22. The normalized spacial score (nSPS) is 13.8. The number of rotatable bonds is 4. The molecule has 0 saturated heterocycles. The lowest BCUT2D eigenvalue weighted by Gasteiger charge is -2.22. The van der Waals surface area contributed by atoms with Gasteiger partial charge in [0.25, 0.3) is 0 Å². The van der Waals surface area contributed by atoms with Crippen LogP contribution in [0.4, 0.5) is 0 Å². The van der Waals surface area contributed by atoms with E-state index in [-0.39, 0.29) is 11.0 Å². The second-order valence-corrected chi connectivity index (χ2v) is 16.0. The van der Waals surface area contributed by atoms with Gasteiger partial charge in [-0.2, -0.15) is 5.26 Å². The second-order valence-electron chi connectivity index (χ2n) is 14.8. The van der Waals surface area contributed by atoms with Crippen LogP contribution in [0.15, 0.2) is 133 Å². The fourth-order valence-electron chi connectivity index (χ4n) is 8.83. The van der Waals surface area contributed by atoms with Gasteiger partial charge in [0.2, 0.25) is 0 Å². The van der Waals surface area contributed by atoms with Crippen molar-refractivity contribution in [1.82, 2.24) is 9.38 Å².